The standard InChI is InChI=1S/C18H24FN7O/c19-8-11-4-6-13(7-5-11)9-22-14-15(20)24-18(16(21)26-27)25-17(14)23-10-12-2-1-3-12/h4-7,12,22,27H,1-3,8-10H2,(H2,21,26)(H3,20,23,24,25). The zero-order valence-corrected chi connectivity index (χ0v) is 15.0. The summed E-state index contributed by atoms with van der Waals surface area (Å²) in [6.07, 6.45) is 3.61. The SMILES string of the molecule is N/C(=N\O)c1nc(N)c(NCc2ccc(CF)cc2)c(NCC2CCC2)n1. The van der Waals surface area contributed by atoms with Crippen molar-refractivity contribution < 1.29 is 9.60 Å². The van der Waals surface area contributed by atoms with E-state index in [-0.39, 0.29) is 17.5 Å². The van der Waals surface area contributed by atoms with Crippen LogP contribution in [0.4, 0.5) is 21.7 Å². The smallest absolute Gasteiger partial charge is 0.208 e. The zero-order chi connectivity index (χ0) is 19.2. The number of rotatable bonds is 8. The Hall–Kier alpha value is -3.10. The molecule has 7 N–H and O–H groups in total. The topological polar surface area (TPSA) is 134 Å². The highest BCUT2D eigenvalue weighted by Gasteiger charge is 2.20. The number of halogens is 1. The minimum atomic E-state index is -0.487. The number of nitrogen functional groups attached to an aromatic ring is 1. The van der Waals surface area contributed by atoms with E-state index in [4.69, 9.17) is 16.7 Å². The highest BCUT2D eigenvalue weighted by atomic mass is 19.1. The van der Waals surface area contributed by atoms with Crippen molar-refractivity contribution in [2.45, 2.75) is 32.5 Å². The van der Waals surface area contributed by atoms with E-state index in [0.29, 0.717) is 29.5 Å². The number of anilines is 3. The molecule has 3 rings (SSSR count). The van der Waals surface area contributed by atoms with Gasteiger partial charge in [-0.3, -0.25) is 0 Å². The van der Waals surface area contributed by atoms with Gasteiger partial charge in [0, 0.05) is 13.1 Å². The molecule has 27 heavy (non-hydrogen) atoms. The van der Waals surface area contributed by atoms with Gasteiger partial charge in [-0.05, 0) is 29.9 Å². The van der Waals surface area contributed by atoms with E-state index in [9.17, 15) is 4.39 Å². The van der Waals surface area contributed by atoms with Crippen LogP contribution in [0.2, 0.25) is 0 Å². The summed E-state index contributed by atoms with van der Waals surface area (Å²) in [5.74, 6) is 1.17. The number of oxime groups is 1. The molecule has 144 valence electrons. The second-order valence-electron chi connectivity index (χ2n) is 6.62. The molecule has 9 heteroatoms. The number of hydrogen-bond acceptors (Lipinski definition) is 7. The quantitative estimate of drug-likeness (QED) is 0.208. The monoisotopic (exact) mass is 373 g/mol. The van der Waals surface area contributed by atoms with Crippen LogP contribution < -0.4 is 22.1 Å². The summed E-state index contributed by atoms with van der Waals surface area (Å²) in [5.41, 5.74) is 13.8. The van der Waals surface area contributed by atoms with Crippen molar-refractivity contribution in [2.75, 3.05) is 22.9 Å². The third-order valence-electron chi connectivity index (χ3n) is 4.70. The summed E-state index contributed by atoms with van der Waals surface area (Å²) < 4.78 is 12.6. The third-order valence-corrected chi connectivity index (χ3v) is 4.70. The number of nitrogens with two attached hydrogens (primary N) is 2. The Bertz CT molecular complexity index is 806. The van der Waals surface area contributed by atoms with Crippen molar-refractivity contribution in [3.05, 3.63) is 41.2 Å². The fourth-order valence-corrected chi connectivity index (χ4v) is 2.81. The summed E-state index contributed by atoms with van der Waals surface area (Å²) in [6.45, 7) is 0.756. The van der Waals surface area contributed by atoms with Crippen LogP contribution in [0.3, 0.4) is 0 Å². The average molecular weight is 373 g/mol. The number of benzene rings is 1. The molecule has 8 nitrogen and oxygen atoms in total. The van der Waals surface area contributed by atoms with Gasteiger partial charge in [0.15, 0.2) is 11.6 Å². The van der Waals surface area contributed by atoms with E-state index in [1.807, 2.05) is 12.1 Å². The van der Waals surface area contributed by atoms with Gasteiger partial charge in [-0.2, -0.15) is 0 Å². The van der Waals surface area contributed by atoms with Crippen molar-refractivity contribution in [1.82, 2.24) is 9.97 Å². The van der Waals surface area contributed by atoms with E-state index in [1.54, 1.807) is 12.1 Å². The number of nitrogens with zero attached hydrogens (tertiary/aromatic N) is 3. The van der Waals surface area contributed by atoms with Gasteiger partial charge in [-0.25, -0.2) is 14.4 Å². The van der Waals surface area contributed by atoms with E-state index >= 15 is 0 Å². The van der Waals surface area contributed by atoms with Crippen LogP contribution in [0.1, 0.15) is 36.2 Å². The van der Waals surface area contributed by atoms with Crippen molar-refractivity contribution >= 4 is 23.2 Å². The molecule has 0 spiro atoms. The van der Waals surface area contributed by atoms with Crippen LogP contribution in [0.5, 0.6) is 0 Å². The molecule has 0 amide bonds. The van der Waals surface area contributed by atoms with Gasteiger partial charge in [0.1, 0.15) is 12.4 Å². The minimum Gasteiger partial charge on any atom is -0.409 e. The van der Waals surface area contributed by atoms with Gasteiger partial charge in [-0.1, -0.05) is 35.8 Å². The van der Waals surface area contributed by atoms with Crippen molar-refractivity contribution in [3.63, 3.8) is 0 Å². The van der Waals surface area contributed by atoms with Crippen LogP contribution >= 0.6 is 0 Å². The number of aromatic nitrogens is 2. The Morgan fingerprint density at radius 3 is 2.48 bits per heavy atom. The molecule has 0 atom stereocenters. The fourth-order valence-electron chi connectivity index (χ4n) is 2.81. The lowest BCUT2D eigenvalue weighted by molar-refractivity contribution is 0.318. The predicted octanol–water partition coefficient (Wildman–Crippen LogP) is 2.45. The molecule has 0 unspecified atom stereocenters. The highest BCUT2D eigenvalue weighted by Crippen LogP contribution is 2.30. The molecule has 0 saturated heterocycles. The first-order valence-electron chi connectivity index (χ1n) is 8.87. The molecule has 2 aromatic rings. The largest absolute Gasteiger partial charge is 0.409 e. The Kier molecular flexibility index (Phi) is 5.90. The molecular weight excluding hydrogens is 349 g/mol. The molecule has 0 aliphatic heterocycles. The lowest BCUT2D eigenvalue weighted by Crippen LogP contribution is -2.24. The lowest BCUT2D eigenvalue weighted by atomic mass is 9.85. The normalized spacial score (nSPS) is 14.6. The molecule has 0 bridgehead atoms. The molecule has 1 heterocycles. The Morgan fingerprint density at radius 2 is 1.89 bits per heavy atom. The van der Waals surface area contributed by atoms with E-state index in [0.717, 1.165) is 12.1 Å². The molecule has 1 aromatic heterocycles. The Labute approximate surface area is 156 Å². The lowest BCUT2D eigenvalue weighted by Gasteiger charge is -2.26. The van der Waals surface area contributed by atoms with Gasteiger partial charge in [0.2, 0.25) is 11.7 Å². The molecule has 0 radical (unpaired) electrons. The summed E-state index contributed by atoms with van der Waals surface area (Å²) in [7, 11) is 0. The van der Waals surface area contributed by atoms with Gasteiger partial charge >= 0.3 is 0 Å². The second-order valence-corrected chi connectivity index (χ2v) is 6.62. The molecule has 1 aliphatic rings. The van der Waals surface area contributed by atoms with E-state index in [1.165, 1.54) is 19.3 Å². The highest BCUT2D eigenvalue weighted by molar-refractivity contribution is 5.95. The van der Waals surface area contributed by atoms with Crippen LogP contribution in [0.25, 0.3) is 0 Å². The Morgan fingerprint density at radius 1 is 1.19 bits per heavy atom. The first-order chi connectivity index (χ1) is 13.1. The summed E-state index contributed by atoms with van der Waals surface area (Å²) in [5, 5.41) is 18.3. The Balaban J connectivity index is 1.79. The zero-order valence-electron chi connectivity index (χ0n) is 15.0. The number of nitrogens with one attached hydrogen (secondary N) is 2. The van der Waals surface area contributed by atoms with Crippen LogP contribution in [-0.4, -0.2) is 27.6 Å². The summed E-state index contributed by atoms with van der Waals surface area (Å²) in [6, 6.07) is 7.19. The molecule has 1 aliphatic carbocycles. The molecule has 1 fully saturated rings. The van der Waals surface area contributed by atoms with Crippen molar-refractivity contribution in [3.8, 4) is 0 Å². The van der Waals surface area contributed by atoms with Gasteiger partial charge in [0.05, 0.1) is 0 Å². The maximum atomic E-state index is 12.6. The van der Waals surface area contributed by atoms with E-state index in [2.05, 4.69) is 25.8 Å². The van der Waals surface area contributed by atoms with Gasteiger partial charge in [0.25, 0.3) is 0 Å². The maximum absolute atomic E-state index is 12.6. The fraction of sp³-hybridized carbons (Fsp3) is 0.389. The van der Waals surface area contributed by atoms with Gasteiger partial charge in [-0.15, -0.1) is 0 Å². The first kappa shape index (κ1) is 18.7. The van der Waals surface area contributed by atoms with Gasteiger partial charge < -0.3 is 27.3 Å². The minimum absolute atomic E-state index is 0.0592. The summed E-state index contributed by atoms with van der Waals surface area (Å²) >= 11 is 0. The molecule has 1 saturated carbocycles. The second kappa shape index (κ2) is 8.52. The summed E-state index contributed by atoms with van der Waals surface area (Å²) in [4.78, 5) is 8.45. The number of hydrogen-bond donors (Lipinski definition) is 5. The first-order valence-corrected chi connectivity index (χ1v) is 8.87. The van der Waals surface area contributed by atoms with Crippen LogP contribution in [0.15, 0.2) is 29.4 Å². The number of amidine groups is 1. The van der Waals surface area contributed by atoms with E-state index < -0.39 is 6.67 Å². The molecule has 1 aromatic carbocycles. The third kappa shape index (κ3) is 4.55. The van der Waals surface area contributed by atoms with Crippen LogP contribution in [-0.2, 0) is 13.2 Å². The predicted molar refractivity (Wildman–Crippen MR) is 103 cm³/mol. The molecular formula is C18H24FN7O. The average Bonchev–Trinajstić information content (AvgIpc) is 2.65. The maximum Gasteiger partial charge on any atom is 0.208 e. The number of alkyl halides is 1. The van der Waals surface area contributed by atoms with Crippen LogP contribution in [0, 0.1) is 5.92 Å². The van der Waals surface area contributed by atoms with Crippen molar-refractivity contribution in [2.24, 2.45) is 16.8 Å². The van der Waals surface area contributed by atoms with Crippen molar-refractivity contribution in [1.29, 1.82) is 0 Å².